The smallest absolute Gasteiger partial charge is 0.193 e. The molecule has 2 aliphatic heterocycles. The maximum absolute atomic E-state index is 5.86. The number of nitrogens with zero attached hydrogens (tertiary/aromatic N) is 2. The number of rotatable bonds is 6. The van der Waals surface area contributed by atoms with Crippen LogP contribution in [0.2, 0.25) is 0 Å². The van der Waals surface area contributed by atoms with E-state index < -0.39 is 0 Å². The molecule has 0 atom stereocenters. The Morgan fingerprint density at radius 3 is 2.76 bits per heavy atom. The molecule has 25 heavy (non-hydrogen) atoms. The molecule has 3 fully saturated rings. The van der Waals surface area contributed by atoms with Gasteiger partial charge in [-0.1, -0.05) is 19.3 Å². The second kappa shape index (κ2) is 9.77. The number of guanidine groups is 1. The molecule has 0 unspecified atom stereocenters. The van der Waals surface area contributed by atoms with Gasteiger partial charge in [0.2, 0.25) is 0 Å². The summed E-state index contributed by atoms with van der Waals surface area (Å²) in [6, 6.07) is 0. The Balaban J connectivity index is 1.29. The van der Waals surface area contributed by atoms with Crippen LogP contribution in [-0.4, -0.2) is 64.0 Å². The van der Waals surface area contributed by atoms with Crippen molar-refractivity contribution in [3.05, 3.63) is 0 Å². The second-order valence-electron chi connectivity index (χ2n) is 8.19. The number of hydrogen-bond acceptors (Lipinski definition) is 3. The van der Waals surface area contributed by atoms with Crippen molar-refractivity contribution in [3.63, 3.8) is 0 Å². The van der Waals surface area contributed by atoms with Crippen molar-refractivity contribution in [2.24, 2.45) is 16.3 Å². The quantitative estimate of drug-likeness (QED) is 0.454. The van der Waals surface area contributed by atoms with Crippen LogP contribution in [0.3, 0.4) is 0 Å². The van der Waals surface area contributed by atoms with Crippen LogP contribution >= 0.6 is 0 Å². The molecule has 1 spiro atoms. The van der Waals surface area contributed by atoms with Gasteiger partial charge in [-0.2, -0.15) is 0 Å². The van der Waals surface area contributed by atoms with E-state index in [1.165, 1.54) is 51.6 Å². The summed E-state index contributed by atoms with van der Waals surface area (Å²) < 4.78 is 11.2. The summed E-state index contributed by atoms with van der Waals surface area (Å²) in [4.78, 5) is 7.00. The summed E-state index contributed by atoms with van der Waals surface area (Å²) in [5.41, 5.74) is 0.586. The Morgan fingerprint density at radius 1 is 1.20 bits per heavy atom. The normalized spacial score (nSPS) is 24.8. The molecule has 1 saturated carbocycles. The van der Waals surface area contributed by atoms with E-state index in [1.807, 2.05) is 7.05 Å². The maximum atomic E-state index is 5.86. The molecule has 5 heteroatoms. The largest absolute Gasteiger partial charge is 0.381 e. The highest BCUT2D eigenvalue weighted by Gasteiger charge is 2.39. The fraction of sp³-hybridized carbons (Fsp3) is 0.950. The molecule has 0 radical (unpaired) electrons. The minimum Gasteiger partial charge on any atom is -0.381 e. The third-order valence-corrected chi connectivity index (χ3v) is 6.31. The molecular weight excluding hydrogens is 314 g/mol. The molecule has 0 aromatic heterocycles. The van der Waals surface area contributed by atoms with E-state index in [2.05, 4.69) is 15.2 Å². The first-order valence-corrected chi connectivity index (χ1v) is 10.4. The zero-order valence-electron chi connectivity index (χ0n) is 16.1. The fourth-order valence-electron chi connectivity index (χ4n) is 4.70. The molecule has 2 heterocycles. The van der Waals surface area contributed by atoms with Crippen LogP contribution in [0.5, 0.6) is 0 Å². The van der Waals surface area contributed by atoms with Crippen molar-refractivity contribution in [2.45, 2.75) is 57.8 Å². The highest BCUT2D eigenvalue weighted by atomic mass is 16.5. The summed E-state index contributed by atoms with van der Waals surface area (Å²) >= 11 is 0. The number of aliphatic imine (C=N–C) groups is 1. The lowest BCUT2D eigenvalue weighted by molar-refractivity contribution is 0.0203. The van der Waals surface area contributed by atoms with Crippen LogP contribution in [0.15, 0.2) is 4.99 Å². The van der Waals surface area contributed by atoms with Crippen molar-refractivity contribution in [1.82, 2.24) is 10.2 Å². The lowest BCUT2D eigenvalue weighted by Gasteiger charge is -2.33. The molecule has 3 rings (SSSR count). The highest BCUT2D eigenvalue weighted by molar-refractivity contribution is 5.80. The van der Waals surface area contributed by atoms with Crippen LogP contribution < -0.4 is 5.32 Å². The zero-order chi connectivity index (χ0) is 17.4. The van der Waals surface area contributed by atoms with Gasteiger partial charge >= 0.3 is 0 Å². The summed E-state index contributed by atoms with van der Waals surface area (Å²) in [6.45, 7) is 6.86. The van der Waals surface area contributed by atoms with Crippen LogP contribution in [0.4, 0.5) is 0 Å². The van der Waals surface area contributed by atoms with Gasteiger partial charge in [-0.3, -0.25) is 4.99 Å². The van der Waals surface area contributed by atoms with Gasteiger partial charge in [-0.15, -0.1) is 0 Å². The summed E-state index contributed by atoms with van der Waals surface area (Å²) in [6.07, 6.45) is 11.8. The van der Waals surface area contributed by atoms with Gasteiger partial charge in [-0.25, -0.2) is 0 Å². The SMILES string of the molecule is CN=C(NCCCOCC1CCOCC1)N1CCC2(CCCCC2)C1. The monoisotopic (exact) mass is 351 g/mol. The molecule has 1 N–H and O–H groups in total. The molecular formula is C20H37N3O2. The molecule has 3 aliphatic rings. The Morgan fingerprint density at radius 2 is 2.00 bits per heavy atom. The predicted molar refractivity (Wildman–Crippen MR) is 102 cm³/mol. The molecule has 1 aliphatic carbocycles. The molecule has 144 valence electrons. The summed E-state index contributed by atoms with van der Waals surface area (Å²) in [5.74, 6) is 1.79. The molecule has 0 bridgehead atoms. The van der Waals surface area contributed by atoms with Gasteiger partial charge in [0.15, 0.2) is 5.96 Å². The van der Waals surface area contributed by atoms with E-state index >= 15 is 0 Å². The Kier molecular flexibility index (Phi) is 7.41. The zero-order valence-corrected chi connectivity index (χ0v) is 16.1. The molecule has 0 aromatic rings. The van der Waals surface area contributed by atoms with Crippen molar-refractivity contribution in [3.8, 4) is 0 Å². The van der Waals surface area contributed by atoms with Crippen LogP contribution in [0.1, 0.15) is 57.8 Å². The van der Waals surface area contributed by atoms with Gasteiger partial charge in [0, 0.05) is 53.1 Å². The van der Waals surface area contributed by atoms with Crippen LogP contribution in [-0.2, 0) is 9.47 Å². The Labute approximate surface area is 153 Å². The van der Waals surface area contributed by atoms with Gasteiger partial charge in [0.1, 0.15) is 0 Å². The number of hydrogen-bond donors (Lipinski definition) is 1. The van der Waals surface area contributed by atoms with Crippen molar-refractivity contribution in [2.75, 3.05) is 53.1 Å². The Hall–Kier alpha value is -0.810. The Bertz CT molecular complexity index is 415. The van der Waals surface area contributed by atoms with Crippen LogP contribution in [0.25, 0.3) is 0 Å². The summed E-state index contributed by atoms with van der Waals surface area (Å²) in [7, 11) is 1.91. The fourth-order valence-corrected chi connectivity index (χ4v) is 4.70. The van der Waals surface area contributed by atoms with Crippen molar-refractivity contribution >= 4 is 5.96 Å². The van der Waals surface area contributed by atoms with Gasteiger partial charge < -0.3 is 19.7 Å². The van der Waals surface area contributed by atoms with E-state index in [-0.39, 0.29) is 0 Å². The van der Waals surface area contributed by atoms with E-state index in [1.54, 1.807) is 0 Å². The molecule has 0 amide bonds. The number of likely N-dealkylation sites (tertiary alicyclic amines) is 1. The molecule has 2 saturated heterocycles. The first-order chi connectivity index (χ1) is 12.3. The van der Waals surface area contributed by atoms with Crippen molar-refractivity contribution < 1.29 is 9.47 Å². The maximum Gasteiger partial charge on any atom is 0.193 e. The number of ether oxygens (including phenoxy) is 2. The average molecular weight is 352 g/mol. The second-order valence-corrected chi connectivity index (χ2v) is 8.19. The van der Waals surface area contributed by atoms with Gasteiger partial charge in [-0.05, 0) is 49.9 Å². The van der Waals surface area contributed by atoms with E-state index in [4.69, 9.17) is 9.47 Å². The lowest BCUT2D eigenvalue weighted by Crippen LogP contribution is -2.42. The third kappa shape index (κ3) is 5.58. The minimum absolute atomic E-state index is 0.586. The minimum atomic E-state index is 0.586. The van der Waals surface area contributed by atoms with Crippen LogP contribution in [0, 0.1) is 11.3 Å². The predicted octanol–water partition coefficient (Wildman–Crippen LogP) is 3.05. The summed E-state index contributed by atoms with van der Waals surface area (Å²) in [5, 5.41) is 3.55. The molecule has 0 aromatic carbocycles. The van der Waals surface area contributed by atoms with Crippen molar-refractivity contribution in [1.29, 1.82) is 0 Å². The van der Waals surface area contributed by atoms with E-state index in [0.717, 1.165) is 58.2 Å². The van der Waals surface area contributed by atoms with E-state index in [9.17, 15) is 0 Å². The lowest BCUT2D eigenvalue weighted by atomic mass is 9.73. The highest BCUT2D eigenvalue weighted by Crippen LogP contribution is 2.43. The average Bonchev–Trinajstić information content (AvgIpc) is 3.05. The third-order valence-electron chi connectivity index (χ3n) is 6.31. The topological polar surface area (TPSA) is 46.1 Å². The molecule has 5 nitrogen and oxygen atoms in total. The first-order valence-electron chi connectivity index (χ1n) is 10.4. The van der Waals surface area contributed by atoms with Gasteiger partial charge in [0.25, 0.3) is 0 Å². The standard InChI is InChI=1S/C20H37N3O2/c1-21-19(23-12-10-20(17-23)8-3-2-4-9-20)22-11-5-13-25-16-18-6-14-24-15-7-18/h18H,2-17H2,1H3,(H,21,22). The van der Waals surface area contributed by atoms with E-state index in [0.29, 0.717) is 11.3 Å². The number of nitrogens with one attached hydrogen (secondary N) is 1. The first kappa shape index (κ1) is 19.0. The van der Waals surface area contributed by atoms with Gasteiger partial charge in [0.05, 0.1) is 0 Å².